The Balaban J connectivity index is 2.45. The summed E-state index contributed by atoms with van der Waals surface area (Å²) in [6.07, 6.45) is 6.87. The van der Waals surface area contributed by atoms with Gasteiger partial charge in [0.1, 0.15) is 11.3 Å². The van der Waals surface area contributed by atoms with E-state index in [1.165, 1.54) is 11.3 Å². The maximum absolute atomic E-state index is 5.51. The van der Waals surface area contributed by atoms with E-state index in [1.54, 1.807) is 18.7 Å². The first-order chi connectivity index (χ1) is 5.36. The molecule has 0 aromatic carbocycles. The van der Waals surface area contributed by atoms with E-state index in [0.717, 1.165) is 5.13 Å². The lowest BCUT2D eigenvalue weighted by molar-refractivity contribution is 1.03. The van der Waals surface area contributed by atoms with Crippen LogP contribution in [0.5, 0.6) is 0 Å². The molecule has 0 saturated carbocycles. The third kappa shape index (κ3) is 1.10. The van der Waals surface area contributed by atoms with Crippen LogP contribution in [-0.2, 0) is 0 Å². The highest BCUT2D eigenvalue weighted by Gasteiger charge is 1.98. The monoisotopic (exact) mass is 166 g/mol. The van der Waals surface area contributed by atoms with Crippen molar-refractivity contribution in [3.8, 4) is 5.13 Å². The highest BCUT2D eigenvalue weighted by Crippen LogP contribution is 2.17. The summed E-state index contributed by atoms with van der Waals surface area (Å²) in [6.45, 7) is 0. The Bertz CT molecular complexity index is 337. The Morgan fingerprint density at radius 3 is 3.00 bits per heavy atom. The minimum Gasteiger partial charge on any atom is -0.389 e. The van der Waals surface area contributed by atoms with Gasteiger partial charge in [0.05, 0.1) is 6.20 Å². The van der Waals surface area contributed by atoms with Crippen LogP contribution in [0.2, 0.25) is 0 Å². The summed E-state index contributed by atoms with van der Waals surface area (Å²) in [5, 5.41) is 1.56. The molecule has 2 aromatic rings. The van der Waals surface area contributed by atoms with E-state index >= 15 is 0 Å². The largest absolute Gasteiger partial charge is 0.389 e. The van der Waals surface area contributed by atoms with Gasteiger partial charge in [0, 0.05) is 12.4 Å². The van der Waals surface area contributed by atoms with E-state index in [9.17, 15) is 0 Å². The number of thiazole rings is 1. The molecular formula is C6H6N4S. The molecule has 5 heteroatoms. The lowest BCUT2D eigenvalue weighted by Gasteiger charge is -1.90. The topological polar surface area (TPSA) is 56.7 Å². The highest BCUT2D eigenvalue weighted by molar-refractivity contribution is 7.17. The number of hydrogen-bond acceptors (Lipinski definition) is 4. The van der Waals surface area contributed by atoms with Gasteiger partial charge in [-0.15, -0.1) is 0 Å². The van der Waals surface area contributed by atoms with Gasteiger partial charge >= 0.3 is 0 Å². The van der Waals surface area contributed by atoms with Crippen molar-refractivity contribution < 1.29 is 0 Å². The Hall–Kier alpha value is -1.36. The van der Waals surface area contributed by atoms with E-state index in [0.29, 0.717) is 5.00 Å². The van der Waals surface area contributed by atoms with Crippen LogP contribution in [0.3, 0.4) is 0 Å². The zero-order valence-corrected chi connectivity index (χ0v) is 6.45. The van der Waals surface area contributed by atoms with Crippen molar-refractivity contribution in [1.29, 1.82) is 0 Å². The second kappa shape index (κ2) is 2.35. The molecule has 0 atom stereocenters. The summed E-state index contributed by atoms with van der Waals surface area (Å²) in [6, 6.07) is 0. The van der Waals surface area contributed by atoms with Crippen molar-refractivity contribution >= 4 is 16.3 Å². The number of nitrogen functional groups attached to an aromatic ring is 1. The van der Waals surface area contributed by atoms with E-state index in [-0.39, 0.29) is 0 Å². The van der Waals surface area contributed by atoms with Gasteiger partial charge in [0.25, 0.3) is 0 Å². The molecule has 2 N–H and O–H groups in total. The Labute approximate surface area is 67.3 Å². The van der Waals surface area contributed by atoms with Crippen LogP contribution in [0.4, 0.5) is 5.00 Å². The van der Waals surface area contributed by atoms with E-state index < -0.39 is 0 Å². The molecule has 0 amide bonds. The van der Waals surface area contributed by atoms with Gasteiger partial charge in [-0.2, -0.15) is 0 Å². The zero-order valence-electron chi connectivity index (χ0n) is 5.64. The summed E-state index contributed by atoms with van der Waals surface area (Å²) in [4.78, 5) is 7.97. The molecule has 0 aliphatic heterocycles. The maximum atomic E-state index is 5.51. The molecule has 2 aromatic heterocycles. The standard InChI is InChI=1S/C6H6N4S/c7-5-3-9-6(11-5)10-2-1-8-4-10/h1-4H,7H2. The fourth-order valence-electron chi connectivity index (χ4n) is 0.769. The Kier molecular flexibility index (Phi) is 1.36. The van der Waals surface area contributed by atoms with E-state index in [1.807, 2.05) is 10.8 Å². The third-order valence-corrected chi connectivity index (χ3v) is 2.08. The summed E-state index contributed by atoms with van der Waals surface area (Å²) >= 11 is 1.44. The van der Waals surface area contributed by atoms with Gasteiger partial charge in [0.2, 0.25) is 0 Å². The summed E-state index contributed by atoms with van der Waals surface area (Å²) in [5.41, 5.74) is 5.51. The molecule has 2 rings (SSSR count). The molecule has 0 unspecified atom stereocenters. The molecule has 0 spiro atoms. The average molecular weight is 166 g/mol. The van der Waals surface area contributed by atoms with Gasteiger partial charge in [-0.3, -0.25) is 4.57 Å². The van der Waals surface area contributed by atoms with Crippen molar-refractivity contribution in [3.63, 3.8) is 0 Å². The predicted molar refractivity (Wildman–Crippen MR) is 43.6 cm³/mol. The predicted octanol–water partition coefficient (Wildman–Crippen LogP) is 0.911. The van der Waals surface area contributed by atoms with Gasteiger partial charge in [-0.25, -0.2) is 9.97 Å². The third-order valence-electron chi connectivity index (χ3n) is 1.24. The quantitative estimate of drug-likeness (QED) is 0.685. The number of aromatic nitrogens is 3. The van der Waals surface area contributed by atoms with Crippen LogP contribution < -0.4 is 5.73 Å². The summed E-state index contributed by atoms with van der Waals surface area (Å²) in [7, 11) is 0. The number of nitrogens with zero attached hydrogens (tertiary/aromatic N) is 3. The van der Waals surface area contributed by atoms with Crippen LogP contribution in [0.1, 0.15) is 0 Å². The number of imidazole rings is 1. The van der Waals surface area contributed by atoms with Crippen molar-refractivity contribution in [3.05, 3.63) is 24.9 Å². The zero-order chi connectivity index (χ0) is 7.68. The molecular weight excluding hydrogens is 160 g/mol. The first kappa shape index (κ1) is 6.36. The second-order valence-corrected chi connectivity index (χ2v) is 3.06. The van der Waals surface area contributed by atoms with Crippen LogP contribution in [-0.4, -0.2) is 14.5 Å². The second-order valence-electron chi connectivity index (χ2n) is 2.02. The van der Waals surface area contributed by atoms with Crippen molar-refractivity contribution in [2.45, 2.75) is 0 Å². The number of anilines is 1. The van der Waals surface area contributed by atoms with E-state index in [4.69, 9.17) is 5.73 Å². The molecule has 56 valence electrons. The molecule has 0 fully saturated rings. The molecule has 0 radical (unpaired) electrons. The number of hydrogen-bond donors (Lipinski definition) is 1. The Morgan fingerprint density at radius 2 is 2.45 bits per heavy atom. The van der Waals surface area contributed by atoms with Crippen LogP contribution in [0.25, 0.3) is 5.13 Å². The minimum atomic E-state index is 0.716. The highest BCUT2D eigenvalue weighted by atomic mass is 32.1. The van der Waals surface area contributed by atoms with Gasteiger partial charge in [0.15, 0.2) is 5.13 Å². The first-order valence-corrected chi connectivity index (χ1v) is 3.87. The summed E-state index contributed by atoms with van der Waals surface area (Å²) < 4.78 is 1.82. The van der Waals surface area contributed by atoms with Crippen LogP contribution in [0.15, 0.2) is 24.9 Å². The molecule has 11 heavy (non-hydrogen) atoms. The number of nitrogens with two attached hydrogens (primary N) is 1. The lowest BCUT2D eigenvalue weighted by Crippen LogP contribution is -1.86. The first-order valence-electron chi connectivity index (χ1n) is 3.06. The maximum Gasteiger partial charge on any atom is 0.196 e. The normalized spacial score (nSPS) is 10.2. The summed E-state index contributed by atoms with van der Waals surface area (Å²) in [5.74, 6) is 0. The molecule has 4 nitrogen and oxygen atoms in total. The average Bonchev–Trinajstić information content (AvgIpc) is 2.55. The van der Waals surface area contributed by atoms with Gasteiger partial charge in [-0.05, 0) is 0 Å². The fourth-order valence-corrected chi connectivity index (χ4v) is 1.40. The lowest BCUT2D eigenvalue weighted by atomic mass is 10.8. The Morgan fingerprint density at radius 1 is 1.55 bits per heavy atom. The fraction of sp³-hybridized carbons (Fsp3) is 0. The smallest absolute Gasteiger partial charge is 0.196 e. The van der Waals surface area contributed by atoms with Crippen LogP contribution >= 0.6 is 11.3 Å². The molecule has 0 bridgehead atoms. The van der Waals surface area contributed by atoms with Crippen molar-refractivity contribution in [1.82, 2.24) is 14.5 Å². The molecule has 0 saturated heterocycles. The van der Waals surface area contributed by atoms with E-state index in [2.05, 4.69) is 9.97 Å². The van der Waals surface area contributed by atoms with Crippen molar-refractivity contribution in [2.24, 2.45) is 0 Å². The molecule has 2 heterocycles. The minimum absolute atomic E-state index is 0.716. The molecule has 0 aliphatic carbocycles. The van der Waals surface area contributed by atoms with Crippen LogP contribution in [0, 0.1) is 0 Å². The molecule has 0 aliphatic rings. The SMILES string of the molecule is Nc1cnc(-n2ccnc2)s1. The van der Waals surface area contributed by atoms with Gasteiger partial charge in [-0.1, -0.05) is 11.3 Å². The van der Waals surface area contributed by atoms with Crippen molar-refractivity contribution in [2.75, 3.05) is 5.73 Å². The van der Waals surface area contributed by atoms with Gasteiger partial charge < -0.3 is 5.73 Å². The number of rotatable bonds is 1.